The van der Waals surface area contributed by atoms with Crippen LogP contribution in [0.3, 0.4) is 0 Å². The smallest absolute Gasteiger partial charge is 0.246 e. The first-order valence-corrected chi connectivity index (χ1v) is 9.31. The lowest BCUT2D eigenvalue weighted by atomic mass is 9.91. The predicted molar refractivity (Wildman–Crippen MR) is 107 cm³/mol. The van der Waals surface area contributed by atoms with Crippen LogP contribution in [0, 0.1) is 5.82 Å². The number of carbonyl (C=O) groups excluding carboxylic acids is 1. The van der Waals surface area contributed by atoms with Crippen LogP contribution in [-0.4, -0.2) is 49.9 Å². The van der Waals surface area contributed by atoms with Gasteiger partial charge in [0.05, 0.1) is 17.5 Å². The summed E-state index contributed by atoms with van der Waals surface area (Å²) >= 11 is 0. The van der Waals surface area contributed by atoms with E-state index in [1.165, 1.54) is 18.2 Å². The van der Waals surface area contributed by atoms with Gasteiger partial charge in [-0.2, -0.15) is 5.10 Å². The minimum absolute atomic E-state index is 0.207. The average molecular weight is 392 g/mol. The van der Waals surface area contributed by atoms with E-state index in [-0.39, 0.29) is 24.2 Å². The molecule has 2 aromatic heterocycles. The number of nitrogens with zero attached hydrogens (tertiary/aromatic N) is 4. The third-order valence-electron chi connectivity index (χ3n) is 5.24. The minimum atomic E-state index is -0.708. The van der Waals surface area contributed by atoms with Crippen molar-refractivity contribution in [3.05, 3.63) is 72.8 Å². The summed E-state index contributed by atoms with van der Waals surface area (Å²) in [6.07, 6.45) is 4.11. The van der Waals surface area contributed by atoms with Crippen molar-refractivity contribution in [3.63, 3.8) is 0 Å². The van der Waals surface area contributed by atoms with Crippen molar-refractivity contribution in [2.75, 3.05) is 13.1 Å². The Morgan fingerprint density at radius 3 is 2.66 bits per heavy atom. The van der Waals surface area contributed by atoms with Crippen LogP contribution in [-0.2, 0) is 11.8 Å². The highest BCUT2D eigenvalue weighted by Crippen LogP contribution is 2.36. The zero-order valence-electron chi connectivity index (χ0n) is 16.0. The zero-order valence-corrected chi connectivity index (χ0v) is 16.0. The summed E-state index contributed by atoms with van der Waals surface area (Å²) in [6.45, 7) is 4.15. The van der Waals surface area contributed by atoms with Crippen LogP contribution in [0.2, 0.25) is 0 Å². The highest BCUT2D eigenvalue weighted by molar-refractivity contribution is 5.87. The number of amides is 1. The van der Waals surface area contributed by atoms with Crippen LogP contribution in [0.1, 0.15) is 11.5 Å². The fourth-order valence-corrected chi connectivity index (χ4v) is 3.72. The largest absolute Gasteiger partial charge is 0.391 e. The van der Waals surface area contributed by atoms with E-state index in [1.807, 2.05) is 25.4 Å². The van der Waals surface area contributed by atoms with Crippen molar-refractivity contribution in [3.8, 4) is 22.5 Å². The van der Waals surface area contributed by atoms with Crippen LogP contribution in [0.25, 0.3) is 22.5 Å². The number of likely N-dealkylation sites (tertiary alicyclic amines) is 1. The molecule has 1 saturated heterocycles. The molecule has 1 N–H and O–H groups in total. The molecule has 0 spiro atoms. The zero-order chi connectivity index (χ0) is 20.5. The lowest BCUT2D eigenvalue weighted by Crippen LogP contribution is -2.27. The van der Waals surface area contributed by atoms with Gasteiger partial charge in [-0.25, -0.2) is 4.39 Å². The Bertz CT molecular complexity index is 1060. The van der Waals surface area contributed by atoms with E-state index < -0.39 is 6.10 Å². The van der Waals surface area contributed by atoms with Crippen LogP contribution < -0.4 is 0 Å². The Labute approximate surface area is 167 Å². The molecule has 4 rings (SSSR count). The highest BCUT2D eigenvalue weighted by Gasteiger charge is 2.36. The number of aryl methyl sites for hydroxylation is 1. The summed E-state index contributed by atoms with van der Waals surface area (Å²) in [4.78, 5) is 18.1. The molecular formula is C22H21FN4O2. The fraction of sp³-hybridized carbons (Fsp3) is 0.227. The molecule has 3 aromatic rings. The van der Waals surface area contributed by atoms with Crippen LogP contribution >= 0.6 is 0 Å². The van der Waals surface area contributed by atoms with Crippen molar-refractivity contribution in [1.29, 1.82) is 0 Å². The summed E-state index contributed by atoms with van der Waals surface area (Å²) in [5.74, 6) is -0.802. The second-order valence-corrected chi connectivity index (χ2v) is 7.16. The number of hydrogen-bond donors (Lipinski definition) is 1. The van der Waals surface area contributed by atoms with Crippen LogP contribution in [0.15, 0.2) is 61.4 Å². The van der Waals surface area contributed by atoms with Gasteiger partial charge in [0, 0.05) is 49.6 Å². The molecule has 0 aliphatic carbocycles. The van der Waals surface area contributed by atoms with Gasteiger partial charge < -0.3 is 10.0 Å². The SMILES string of the molecule is C=CC(=O)N1C[C@@H](O)[C@@H](c2cnc(-c3ccc(F)cc3)cc2-c2ccn(C)n2)C1. The Kier molecular flexibility index (Phi) is 4.98. The lowest BCUT2D eigenvalue weighted by Gasteiger charge is -2.18. The van der Waals surface area contributed by atoms with Gasteiger partial charge in [0.1, 0.15) is 5.82 Å². The molecule has 0 radical (unpaired) electrons. The lowest BCUT2D eigenvalue weighted by molar-refractivity contribution is -0.125. The first-order valence-electron chi connectivity index (χ1n) is 9.31. The number of aliphatic hydroxyl groups excluding tert-OH is 1. The van der Waals surface area contributed by atoms with Gasteiger partial charge in [0.25, 0.3) is 0 Å². The quantitative estimate of drug-likeness (QED) is 0.693. The van der Waals surface area contributed by atoms with Crippen molar-refractivity contribution in [2.45, 2.75) is 12.0 Å². The van der Waals surface area contributed by atoms with Crippen molar-refractivity contribution in [1.82, 2.24) is 19.7 Å². The van der Waals surface area contributed by atoms with E-state index in [0.717, 1.165) is 22.4 Å². The number of halogens is 1. The third-order valence-corrected chi connectivity index (χ3v) is 5.24. The molecule has 1 aliphatic heterocycles. The molecule has 0 unspecified atom stereocenters. The van der Waals surface area contributed by atoms with E-state index in [0.29, 0.717) is 12.2 Å². The maximum atomic E-state index is 13.3. The molecule has 7 heteroatoms. The van der Waals surface area contributed by atoms with Gasteiger partial charge >= 0.3 is 0 Å². The van der Waals surface area contributed by atoms with E-state index in [2.05, 4.69) is 16.7 Å². The number of pyridine rings is 1. The maximum absolute atomic E-state index is 13.3. The second kappa shape index (κ2) is 7.60. The van der Waals surface area contributed by atoms with E-state index in [9.17, 15) is 14.3 Å². The number of aromatic nitrogens is 3. The van der Waals surface area contributed by atoms with E-state index in [4.69, 9.17) is 0 Å². The second-order valence-electron chi connectivity index (χ2n) is 7.16. The maximum Gasteiger partial charge on any atom is 0.246 e. The Hall–Kier alpha value is -3.32. The monoisotopic (exact) mass is 392 g/mol. The molecule has 148 valence electrons. The predicted octanol–water partition coefficient (Wildman–Crippen LogP) is 2.76. The number of aliphatic hydroxyl groups is 1. The average Bonchev–Trinajstić information content (AvgIpc) is 3.33. The number of β-amino-alcohol motifs (C(OH)–C–C–N with tert-alkyl or cyclic N) is 1. The number of rotatable bonds is 4. The van der Waals surface area contributed by atoms with Gasteiger partial charge in [-0.05, 0) is 48.0 Å². The van der Waals surface area contributed by atoms with Crippen molar-refractivity contribution < 1.29 is 14.3 Å². The van der Waals surface area contributed by atoms with Gasteiger partial charge in [-0.15, -0.1) is 0 Å². The Balaban J connectivity index is 1.78. The summed E-state index contributed by atoms with van der Waals surface area (Å²) in [7, 11) is 1.83. The first-order chi connectivity index (χ1) is 14.0. The molecular weight excluding hydrogens is 371 g/mol. The standard InChI is InChI=1S/C22H21FN4O2/c1-3-22(29)27-12-18(21(28)13-27)17-11-24-20(14-4-6-15(23)7-5-14)10-16(17)19-8-9-26(2)25-19/h3-11,18,21,28H,1,12-13H2,2H3/t18-,21-/m1/s1. The normalized spacial score (nSPS) is 18.8. The Morgan fingerprint density at radius 1 is 1.24 bits per heavy atom. The van der Waals surface area contributed by atoms with Crippen molar-refractivity contribution >= 4 is 5.91 Å². The van der Waals surface area contributed by atoms with Gasteiger partial charge in [0.2, 0.25) is 5.91 Å². The molecule has 0 bridgehead atoms. The van der Waals surface area contributed by atoms with Gasteiger partial charge in [-0.3, -0.25) is 14.5 Å². The summed E-state index contributed by atoms with van der Waals surface area (Å²) < 4.78 is 15.0. The topological polar surface area (TPSA) is 71.2 Å². The number of hydrogen-bond acceptors (Lipinski definition) is 4. The summed E-state index contributed by atoms with van der Waals surface area (Å²) in [6, 6.07) is 9.93. The molecule has 1 aliphatic rings. The molecule has 1 amide bonds. The van der Waals surface area contributed by atoms with Crippen LogP contribution in [0.4, 0.5) is 4.39 Å². The molecule has 1 fully saturated rings. The van der Waals surface area contributed by atoms with E-state index in [1.54, 1.807) is 27.9 Å². The summed E-state index contributed by atoms with van der Waals surface area (Å²) in [5.41, 5.74) is 3.86. The third kappa shape index (κ3) is 3.69. The molecule has 3 heterocycles. The van der Waals surface area contributed by atoms with Gasteiger partial charge in [-0.1, -0.05) is 6.58 Å². The molecule has 0 saturated carbocycles. The van der Waals surface area contributed by atoms with Gasteiger partial charge in [0.15, 0.2) is 0 Å². The Morgan fingerprint density at radius 2 is 2.00 bits per heavy atom. The molecule has 2 atom stereocenters. The molecule has 29 heavy (non-hydrogen) atoms. The molecule has 1 aromatic carbocycles. The number of carbonyl (C=O) groups is 1. The minimum Gasteiger partial charge on any atom is -0.391 e. The molecule has 6 nitrogen and oxygen atoms in total. The summed E-state index contributed by atoms with van der Waals surface area (Å²) in [5, 5.41) is 15.1. The van der Waals surface area contributed by atoms with E-state index >= 15 is 0 Å². The number of benzene rings is 1. The highest BCUT2D eigenvalue weighted by atomic mass is 19.1. The fourth-order valence-electron chi connectivity index (χ4n) is 3.72. The first kappa shape index (κ1) is 19.0. The van der Waals surface area contributed by atoms with Crippen molar-refractivity contribution in [2.24, 2.45) is 7.05 Å². The van der Waals surface area contributed by atoms with Crippen LogP contribution in [0.5, 0.6) is 0 Å².